The van der Waals surface area contributed by atoms with Crippen LogP contribution in [-0.2, 0) is 0 Å². The molecule has 1 nitrogen and oxygen atoms in total. The monoisotopic (exact) mass is 801 g/mol. The van der Waals surface area contributed by atoms with Crippen molar-refractivity contribution in [3.05, 3.63) is 261 Å². The molecule has 0 unspecified atom stereocenters. The maximum absolute atomic E-state index is 2.43. The summed E-state index contributed by atoms with van der Waals surface area (Å²) in [5, 5.41) is 4.96. The van der Waals surface area contributed by atoms with Crippen molar-refractivity contribution >= 4 is 38.6 Å². The molecule has 0 spiro atoms. The normalized spacial score (nSPS) is 11.2. The Bertz CT molecular complexity index is 3380. The summed E-state index contributed by atoms with van der Waals surface area (Å²) < 4.78 is 0. The molecule has 63 heavy (non-hydrogen) atoms. The zero-order valence-corrected chi connectivity index (χ0v) is 34.8. The molecule has 0 amide bonds. The summed E-state index contributed by atoms with van der Waals surface area (Å²) in [5.74, 6) is 0. The molecule has 0 aliphatic rings. The van der Waals surface area contributed by atoms with Gasteiger partial charge in [0.2, 0.25) is 0 Å². The predicted octanol–water partition coefficient (Wildman–Crippen LogP) is 17.5. The van der Waals surface area contributed by atoms with E-state index in [1.807, 2.05) is 0 Å². The van der Waals surface area contributed by atoms with E-state index < -0.39 is 0 Å². The number of hydrogen-bond acceptors (Lipinski definition) is 1. The molecule has 0 N–H and O–H groups in total. The molecular formula is C62H43N. The summed E-state index contributed by atoms with van der Waals surface area (Å²) in [5.41, 5.74) is 17.5. The van der Waals surface area contributed by atoms with Crippen LogP contribution in [0.1, 0.15) is 0 Å². The van der Waals surface area contributed by atoms with Gasteiger partial charge in [-0.3, -0.25) is 0 Å². The standard InChI is InChI=1S/C62H43N/c1-2-15-44(16-3-1)47-29-33-49(34-30-47)57-23-8-9-24-58(57)59-25-10-11-26-60(59)61-27-12-13-28-62(61)63(55-39-37-48(38-40-55)53-35-31-45-17-4-6-19-50(45)41-53)56-22-14-21-52(43-56)54-36-32-46-18-5-7-20-51(46)42-54/h1-43H. The minimum atomic E-state index is 1.08. The van der Waals surface area contributed by atoms with E-state index in [9.17, 15) is 0 Å². The van der Waals surface area contributed by atoms with Crippen LogP contribution in [0.3, 0.4) is 0 Å². The van der Waals surface area contributed by atoms with Crippen LogP contribution in [0, 0.1) is 0 Å². The van der Waals surface area contributed by atoms with Crippen LogP contribution in [0.5, 0.6) is 0 Å². The molecule has 11 aromatic carbocycles. The molecule has 0 fully saturated rings. The van der Waals surface area contributed by atoms with Gasteiger partial charge in [0, 0.05) is 16.9 Å². The largest absolute Gasteiger partial charge is 0.310 e. The highest BCUT2D eigenvalue weighted by Gasteiger charge is 2.21. The van der Waals surface area contributed by atoms with Gasteiger partial charge >= 0.3 is 0 Å². The number of rotatable bonds is 9. The first-order valence-electron chi connectivity index (χ1n) is 21.7. The van der Waals surface area contributed by atoms with Gasteiger partial charge in [-0.2, -0.15) is 0 Å². The van der Waals surface area contributed by atoms with Crippen molar-refractivity contribution in [1.29, 1.82) is 0 Å². The van der Waals surface area contributed by atoms with Crippen LogP contribution < -0.4 is 4.90 Å². The molecule has 0 aliphatic carbocycles. The van der Waals surface area contributed by atoms with E-state index in [1.54, 1.807) is 0 Å². The molecule has 0 radical (unpaired) electrons. The van der Waals surface area contributed by atoms with Gasteiger partial charge in [-0.25, -0.2) is 0 Å². The third-order valence-corrected chi connectivity index (χ3v) is 12.3. The van der Waals surface area contributed by atoms with Gasteiger partial charge in [-0.05, 0) is 125 Å². The van der Waals surface area contributed by atoms with Gasteiger partial charge in [0.05, 0.1) is 5.69 Å². The lowest BCUT2D eigenvalue weighted by Crippen LogP contribution is -2.11. The number of anilines is 3. The van der Waals surface area contributed by atoms with Gasteiger partial charge in [0.25, 0.3) is 0 Å². The Morgan fingerprint density at radius 3 is 1.24 bits per heavy atom. The Labute approximate surface area is 369 Å². The molecule has 0 aromatic heterocycles. The van der Waals surface area contributed by atoms with Crippen molar-refractivity contribution in [3.63, 3.8) is 0 Å². The quantitative estimate of drug-likeness (QED) is 0.141. The van der Waals surface area contributed by atoms with Gasteiger partial charge in [-0.15, -0.1) is 0 Å². The lowest BCUT2D eigenvalue weighted by molar-refractivity contribution is 1.28. The first-order chi connectivity index (χ1) is 31.2. The van der Waals surface area contributed by atoms with Crippen molar-refractivity contribution in [3.8, 4) is 66.8 Å². The fourth-order valence-corrected chi connectivity index (χ4v) is 9.08. The highest BCUT2D eigenvalue weighted by Crippen LogP contribution is 2.46. The summed E-state index contributed by atoms with van der Waals surface area (Å²) in [4.78, 5) is 2.43. The van der Waals surface area contributed by atoms with Gasteiger partial charge in [-0.1, -0.05) is 218 Å². The summed E-state index contributed by atoms with van der Waals surface area (Å²) in [6.45, 7) is 0. The Kier molecular flexibility index (Phi) is 9.97. The van der Waals surface area contributed by atoms with E-state index in [4.69, 9.17) is 0 Å². The lowest BCUT2D eigenvalue weighted by atomic mass is 9.88. The number of para-hydroxylation sites is 1. The van der Waals surface area contributed by atoms with Gasteiger partial charge in [0.1, 0.15) is 0 Å². The molecule has 0 atom stereocenters. The van der Waals surface area contributed by atoms with Gasteiger partial charge in [0.15, 0.2) is 0 Å². The van der Waals surface area contributed by atoms with Crippen LogP contribution in [0.2, 0.25) is 0 Å². The zero-order chi connectivity index (χ0) is 42.0. The Morgan fingerprint density at radius 1 is 0.190 bits per heavy atom. The SMILES string of the molecule is c1ccc(-c2ccc(-c3ccccc3-c3ccccc3-c3ccccc3N(c3ccc(-c4ccc5ccccc5c4)cc3)c3cccc(-c4ccc5ccccc5c4)c3)cc2)cc1. The summed E-state index contributed by atoms with van der Waals surface area (Å²) in [6.07, 6.45) is 0. The van der Waals surface area contributed by atoms with Crippen molar-refractivity contribution < 1.29 is 0 Å². The maximum atomic E-state index is 2.43. The van der Waals surface area contributed by atoms with Gasteiger partial charge < -0.3 is 4.90 Å². The average Bonchev–Trinajstić information content (AvgIpc) is 3.37. The Balaban J connectivity index is 1.04. The number of nitrogens with zero attached hydrogens (tertiary/aromatic N) is 1. The van der Waals surface area contributed by atoms with E-state index in [0.717, 1.165) is 22.6 Å². The third-order valence-electron chi connectivity index (χ3n) is 12.3. The van der Waals surface area contributed by atoms with E-state index in [-0.39, 0.29) is 0 Å². The molecule has 0 saturated carbocycles. The van der Waals surface area contributed by atoms with Crippen molar-refractivity contribution in [2.45, 2.75) is 0 Å². The maximum Gasteiger partial charge on any atom is 0.0540 e. The van der Waals surface area contributed by atoms with E-state index in [0.29, 0.717) is 0 Å². The number of hydrogen-bond donors (Lipinski definition) is 0. The van der Waals surface area contributed by atoms with E-state index in [1.165, 1.54) is 82.7 Å². The molecule has 0 heterocycles. The molecule has 11 rings (SSSR count). The second-order valence-electron chi connectivity index (χ2n) is 16.1. The van der Waals surface area contributed by atoms with Crippen LogP contribution in [0.4, 0.5) is 17.1 Å². The fraction of sp³-hybridized carbons (Fsp3) is 0. The minimum absolute atomic E-state index is 1.08. The molecule has 0 aliphatic heterocycles. The molecule has 1 heteroatoms. The smallest absolute Gasteiger partial charge is 0.0540 e. The predicted molar refractivity (Wildman–Crippen MR) is 269 cm³/mol. The number of fused-ring (bicyclic) bond motifs is 2. The highest BCUT2D eigenvalue weighted by molar-refractivity contribution is 5.98. The molecule has 296 valence electrons. The van der Waals surface area contributed by atoms with Crippen LogP contribution in [0.15, 0.2) is 261 Å². The summed E-state index contributed by atoms with van der Waals surface area (Å²) in [7, 11) is 0. The third kappa shape index (κ3) is 7.47. The first-order valence-corrected chi connectivity index (χ1v) is 21.7. The van der Waals surface area contributed by atoms with Crippen LogP contribution in [0.25, 0.3) is 88.3 Å². The average molecular weight is 802 g/mol. The van der Waals surface area contributed by atoms with Crippen molar-refractivity contribution in [2.24, 2.45) is 0 Å². The summed E-state index contributed by atoms with van der Waals surface area (Å²) >= 11 is 0. The topological polar surface area (TPSA) is 3.24 Å². The first kappa shape index (κ1) is 37.7. The van der Waals surface area contributed by atoms with Crippen molar-refractivity contribution in [1.82, 2.24) is 0 Å². The second-order valence-corrected chi connectivity index (χ2v) is 16.1. The molecule has 11 aromatic rings. The summed E-state index contributed by atoms with van der Waals surface area (Å²) in [6, 6.07) is 94.8. The van der Waals surface area contributed by atoms with Crippen LogP contribution >= 0.6 is 0 Å². The highest BCUT2D eigenvalue weighted by atomic mass is 15.1. The second kappa shape index (κ2) is 16.7. The fourth-order valence-electron chi connectivity index (χ4n) is 9.08. The molecule has 0 saturated heterocycles. The molecular weight excluding hydrogens is 759 g/mol. The van der Waals surface area contributed by atoms with Crippen LogP contribution in [-0.4, -0.2) is 0 Å². The van der Waals surface area contributed by atoms with Crippen molar-refractivity contribution in [2.75, 3.05) is 4.90 Å². The lowest BCUT2D eigenvalue weighted by Gasteiger charge is -2.29. The van der Waals surface area contributed by atoms with E-state index >= 15 is 0 Å². The zero-order valence-electron chi connectivity index (χ0n) is 34.8. The number of benzene rings is 11. The Hall–Kier alpha value is -8.26. The minimum Gasteiger partial charge on any atom is -0.310 e. The molecule has 0 bridgehead atoms. The Morgan fingerprint density at radius 2 is 0.587 bits per heavy atom. The van der Waals surface area contributed by atoms with E-state index in [2.05, 4.69) is 266 Å².